The van der Waals surface area contributed by atoms with Crippen LogP contribution in [0.1, 0.15) is 6.92 Å². The molecule has 3 saturated heterocycles. The van der Waals surface area contributed by atoms with Gasteiger partial charge in [-0.1, -0.05) is 0 Å². The third-order valence-corrected chi connectivity index (χ3v) is 7.27. The molecule has 3 rings (SSSR count). The van der Waals surface area contributed by atoms with E-state index in [1.54, 1.807) is 18.1 Å². The average Bonchev–Trinajstić information content (AvgIpc) is 3.00. The van der Waals surface area contributed by atoms with Crippen LogP contribution in [0.3, 0.4) is 0 Å². The molecule has 3 fully saturated rings. The minimum absolute atomic E-state index is 0.0246. The van der Waals surface area contributed by atoms with Crippen molar-refractivity contribution in [2.75, 3.05) is 32.5 Å². The molecule has 10 atom stereocenters. The molecule has 178 valence electrons. The molecule has 0 aromatic heterocycles. The van der Waals surface area contributed by atoms with Gasteiger partial charge in [-0.15, -0.1) is 23.4 Å². The van der Waals surface area contributed by atoms with Crippen molar-refractivity contribution in [2.45, 2.75) is 60.3 Å². The zero-order valence-corrected chi connectivity index (χ0v) is 19.1. The van der Waals surface area contributed by atoms with E-state index in [-0.39, 0.29) is 17.8 Å². The number of nitrogens with one attached hydrogen (secondary N) is 3. The van der Waals surface area contributed by atoms with Crippen molar-refractivity contribution >= 4 is 35.2 Å². The number of carbonyl (C=O) groups excluding carboxylic acids is 1. The highest BCUT2D eigenvalue weighted by molar-refractivity contribution is 7.99. The lowest BCUT2D eigenvalue weighted by molar-refractivity contribution is -0.205. The van der Waals surface area contributed by atoms with Crippen molar-refractivity contribution in [2.24, 2.45) is 11.7 Å². The third kappa shape index (κ3) is 5.22. The van der Waals surface area contributed by atoms with Crippen LogP contribution >= 0.6 is 23.4 Å². The van der Waals surface area contributed by atoms with Crippen LogP contribution in [-0.4, -0.2) is 118 Å². The molecule has 3 heterocycles. The summed E-state index contributed by atoms with van der Waals surface area (Å²) in [5.74, 6) is -0.414. The maximum atomic E-state index is 13.1. The van der Waals surface area contributed by atoms with Gasteiger partial charge >= 0.3 is 0 Å². The van der Waals surface area contributed by atoms with Gasteiger partial charge in [-0.05, 0) is 13.2 Å². The lowest BCUT2D eigenvalue weighted by Crippen LogP contribution is -2.65. The lowest BCUT2D eigenvalue weighted by Gasteiger charge is -2.44. The van der Waals surface area contributed by atoms with Gasteiger partial charge in [0.2, 0.25) is 5.91 Å². The quantitative estimate of drug-likeness (QED) is 0.126. The summed E-state index contributed by atoms with van der Waals surface area (Å²) in [7, 11) is 0. The van der Waals surface area contributed by atoms with Crippen molar-refractivity contribution in [1.29, 1.82) is 5.41 Å². The Morgan fingerprint density at radius 1 is 1.35 bits per heavy atom. The summed E-state index contributed by atoms with van der Waals surface area (Å²) in [5.41, 5.74) is 4.85. The Morgan fingerprint density at radius 3 is 2.68 bits per heavy atom. The molecular formula is C18H32ClN5O6S. The number of hydrogen-bond acceptors (Lipinski definition) is 9. The largest absolute Gasteiger partial charge is 0.388 e. The van der Waals surface area contributed by atoms with Crippen molar-refractivity contribution < 1.29 is 29.6 Å². The lowest BCUT2D eigenvalue weighted by atomic mass is 9.92. The van der Waals surface area contributed by atoms with E-state index in [0.717, 1.165) is 0 Å². The van der Waals surface area contributed by atoms with Gasteiger partial charge in [0.15, 0.2) is 5.96 Å². The van der Waals surface area contributed by atoms with Crippen LogP contribution in [0.5, 0.6) is 0 Å². The second-order valence-corrected chi connectivity index (χ2v) is 9.83. The average molecular weight is 482 g/mol. The summed E-state index contributed by atoms with van der Waals surface area (Å²) < 4.78 is 11.7. The molecule has 31 heavy (non-hydrogen) atoms. The molecule has 0 bridgehead atoms. The topological polar surface area (TPSA) is 173 Å². The number of rotatable bonds is 5. The van der Waals surface area contributed by atoms with Crippen LogP contribution in [-0.2, 0) is 14.3 Å². The normalized spacial score (nSPS) is 40.5. The fourth-order valence-corrected chi connectivity index (χ4v) is 5.28. The van der Waals surface area contributed by atoms with Gasteiger partial charge in [0.25, 0.3) is 0 Å². The van der Waals surface area contributed by atoms with Crippen LogP contribution in [0.15, 0.2) is 0 Å². The predicted octanol–water partition coefficient (Wildman–Crippen LogP) is -2.55. The van der Waals surface area contributed by atoms with E-state index in [4.69, 9.17) is 32.2 Å². The number of nitrogens with two attached hydrogens (primary N) is 1. The number of nitrogens with zero attached hydrogens (tertiary/aromatic N) is 1. The van der Waals surface area contributed by atoms with E-state index in [9.17, 15) is 20.1 Å². The zero-order chi connectivity index (χ0) is 22.9. The van der Waals surface area contributed by atoms with Gasteiger partial charge < -0.3 is 46.1 Å². The molecule has 11 nitrogen and oxygen atoms in total. The third-order valence-electron chi connectivity index (χ3n) is 6.14. The number of aliphatic hydroxyl groups is 3. The molecule has 0 aliphatic carbocycles. The summed E-state index contributed by atoms with van der Waals surface area (Å²) in [4.78, 5) is 14.9. The number of carbonyl (C=O) groups is 1. The van der Waals surface area contributed by atoms with Crippen LogP contribution in [0.25, 0.3) is 0 Å². The smallest absolute Gasteiger partial charge is 0.240 e. The first-order chi connectivity index (χ1) is 14.6. The Kier molecular flexibility index (Phi) is 8.30. The monoisotopic (exact) mass is 481 g/mol. The molecule has 3 aliphatic heterocycles. The van der Waals surface area contributed by atoms with E-state index >= 15 is 0 Å². The first-order valence-electron chi connectivity index (χ1n) is 10.3. The van der Waals surface area contributed by atoms with Crippen LogP contribution in [0.2, 0.25) is 0 Å². The highest BCUT2D eigenvalue weighted by Crippen LogP contribution is 2.30. The molecule has 2 unspecified atom stereocenters. The van der Waals surface area contributed by atoms with Crippen molar-refractivity contribution in [1.82, 2.24) is 15.5 Å². The van der Waals surface area contributed by atoms with Crippen molar-refractivity contribution in [3.8, 4) is 0 Å². The Morgan fingerprint density at radius 2 is 2.06 bits per heavy atom. The number of thioether (sulfide) groups is 1. The molecule has 13 heteroatoms. The molecule has 1 amide bonds. The summed E-state index contributed by atoms with van der Waals surface area (Å²) in [6.07, 6.45) is -3.81. The number of aliphatic hydroxyl groups excluding tert-OH is 3. The van der Waals surface area contributed by atoms with E-state index in [2.05, 4.69) is 10.6 Å². The van der Waals surface area contributed by atoms with Crippen LogP contribution < -0.4 is 16.4 Å². The Bertz CT molecular complexity index is 661. The first kappa shape index (κ1) is 24.8. The number of alkyl halides is 1. The number of ether oxygens (including phenoxy) is 2. The van der Waals surface area contributed by atoms with Gasteiger partial charge in [0.05, 0.1) is 24.1 Å². The van der Waals surface area contributed by atoms with Gasteiger partial charge in [-0.2, -0.15) is 0 Å². The van der Waals surface area contributed by atoms with Gasteiger partial charge in [-0.25, -0.2) is 0 Å². The van der Waals surface area contributed by atoms with Crippen LogP contribution in [0.4, 0.5) is 0 Å². The second kappa shape index (κ2) is 10.4. The standard InChI is InChI=1S/C18H32ClN5O6S/c1-7(19)9(15-12(26)11(25)13(27)17(30-15)31-2)23-16(28)10-14-8(5-22-10)6-24(18(20)21)3-4-29-14/h7-15,17,22,25-27H,3-6H2,1-2H3,(H3,20,21)(H,23,28)/t7-,8+,9+,10-,11+,12?,13+,14+,15+,17?/m0/s1. The zero-order valence-electron chi connectivity index (χ0n) is 17.5. The fourth-order valence-electron chi connectivity index (χ4n) is 4.40. The molecule has 0 saturated carbocycles. The summed E-state index contributed by atoms with van der Waals surface area (Å²) >= 11 is 7.53. The Hall–Kier alpha value is -0.860. The molecule has 0 spiro atoms. The van der Waals surface area contributed by atoms with E-state index in [1.165, 1.54) is 11.8 Å². The number of halogens is 1. The molecular weight excluding hydrogens is 450 g/mol. The first-order valence-corrected chi connectivity index (χ1v) is 12.0. The van der Waals surface area contributed by atoms with E-state index in [0.29, 0.717) is 26.2 Å². The second-order valence-electron chi connectivity index (χ2n) is 8.20. The van der Waals surface area contributed by atoms with Crippen LogP contribution in [0, 0.1) is 11.3 Å². The summed E-state index contributed by atoms with van der Waals surface area (Å²) in [6.45, 7) is 3.51. The predicted molar refractivity (Wildman–Crippen MR) is 116 cm³/mol. The Balaban J connectivity index is 1.70. The van der Waals surface area contributed by atoms with E-state index < -0.39 is 53.4 Å². The van der Waals surface area contributed by atoms with Crippen molar-refractivity contribution in [3.05, 3.63) is 0 Å². The maximum absolute atomic E-state index is 13.1. The highest BCUT2D eigenvalue weighted by Gasteiger charge is 2.49. The molecule has 8 N–H and O–H groups in total. The minimum atomic E-state index is -1.43. The molecule has 3 aliphatic rings. The SMILES string of the molecule is CSC1O[C@H]([C@H](NC(=O)[C@H]2NC[C@@H]3CN(C(=N)N)CCO[C@H]32)[C@H](C)Cl)C(O)[C@@H](O)[C@H]1O. The maximum Gasteiger partial charge on any atom is 0.240 e. The van der Waals surface area contributed by atoms with Crippen molar-refractivity contribution in [3.63, 3.8) is 0 Å². The van der Waals surface area contributed by atoms with E-state index in [1.807, 2.05) is 0 Å². The minimum Gasteiger partial charge on any atom is -0.388 e. The molecule has 0 radical (unpaired) electrons. The fraction of sp³-hybridized carbons (Fsp3) is 0.889. The number of fused-ring (bicyclic) bond motifs is 1. The number of amides is 1. The molecule has 0 aromatic carbocycles. The van der Waals surface area contributed by atoms with Gasteiger partial charge in [0.1, 0.15) is 35.9 Å². The summed E-state index contributed by atoms with van der Waals surface area (Å²) in [6, 6.07) is -1.47. The number of guanidine groups is 1. The van der Waals surface area contributed by atoms with Gasteiger partial charge in [0, 0.05) is 25.6 Å². The highest BCUT2D eigenvalue weighted by atomic mass is 35.5. The summed E-state index contributed by atoms with van der Waals surface area (Å²) in [5, 5.41) is 43.9. The Labute approximate surface area is 190 Å². The number of hydrogen-bond donors (Lipinski definition) is 7. The van der Waals surface area contributed by atoms with Gasteiger partial charge in [-0.3, -0.25) is 10.2 Å². The molecule has 0 aromatic rings.